The monoisotopic (exact) mass is 381 g/mol. The number of nitrogen functional groups attached to an aromatic ring is 1. The van der Waals surface area contributed by atoms with Crippen molar-refractivity contribution in [3.63, 3.8) is 0 Å². The standard InChI is InChI=1S/C20H16ClN3O3/c21-17-12-13(22)6-11-18(17)24-20(26)19(25)23-14-7-9-16(10-8-14)27-15-4-2-1-3-5-15/h1-12H,22H2,(H,23,25)(H,24,26). The molecule has 2 amide bonds. The second-order valence-electron chi connectivity index (χ2n) is 5.59. The Morgan fingerprint density at radius 2 is 1.44 bits per heavy atom. The van der Waals surface area contributed by atoms with E-state index in [2.05, 4.69) is 10.6 Å². The molecule has 0 aliphatic carbocycles. The van der Waals surface area contributed by atoms with Crippen molar-refractivity contribution in [2.24, 2.45) is 0 Å². The molecule has 0 fully saturated rings. The summed E-state index contributed by atoms with van der Waals surface area (Å²) in [6.45, 7) is 0. The predicted molar refractivity (Wildman–Crippen MR) is 106 cm³/mol. The smallest absolute Gasteiger partial charge is 0.314 e. The Bertz CT molecular complexity index is 960. The maximum Gasteiger partial charge on any atom is 0.314 e. The summed E-state index contributed by atoms with van der Waals surface area (Å²) in [5.74, 6) is -0.350. The van der Waals surface area contributed by atoms with Crippen molar-refractivity contribution in [2.75, 3.05) is 16.4 Å². The minimum Gasteiger partial charge on any atom is -0.457 e. The Morgan fingerprint density at radius 1 is 0.815 bits per heavy atom. The number of halogens is 1. The van der Waals surface area contributed by atoms with Gasteiger partial charge in [-0.3, -0.25) is 9.59 Å². The van der Waals surface area contributed by atoms with Crippen LogP contribution in [0.2, 0.25) is 5.02 Å². The van der Waals surface area contributed by atoms with Gasteiger partial charge in [0, 0.05) is 11.4 Å². The molecule has 27 heavy (non-hydrogen) atoms. The van der Waals surface area contributed by atoms with Crippen LogP contribution >= 0.6 is 11.6 Å². The highest BCUT2D eigenvalue weighted by Gasteiger charge is 2.15. The maximum atomic E-state index is 12.0. The minimum absolute atomic E-state index is 0.249. The molecule has 0 saturated heterocycles. The number of benzene rings is 3. The third kappa shape index (κ3) is 4.99. The van der Waals surface area contributed by atoms with E-state index in [9.17, 15) is 9.59 Å². The summed E-state index contributed by atoms with van der Waals surface area (Å²) in [6, 6.07) is 20.6. The summed E-state index contributed by atoms with van der Waals surface area (Å²) in [7, 11) is 0. The van der Waals surface area contributed by atoms with Crippen LogP contribution in [0.4, 0.5) is 17.1 Å². The van der Waals surface area contributed by atoms with E-state index in [1.165, 1.54) is 12.1 Å². The van der Waals surface area contributed by atoms with Crippen LogP contribution in [0.15, 0.2) is 72.8 Å². The average Bonchev–Trinajstić information content (AvgIpc) is 2.66. The van der Waals surface area contributed by atoms with Gasteiger partial charge < -0.3 is 21.1 Å². The van der Waals surface area contributed by atoms with Crippen molar-refractivity contribution in [2.45, 2.75) is 0 Å². The predicted octanol–water partition coefficient (Wildman–Crippen LogP) is 4.29. The fraction of sp³-hybridized carbons (Fsp3) is 0. The second kappa shape index (κ2) is 8.25. The average molecular weight is 382 g/mol. The molecule has 4 N–H and O–H groups in total. The molecular formula is C20H16ClN3O3. The molecule has 0 heterocycles. The number of ether oxygens (including phenoxy) is 1. The minimum atomic E-state index is -0.841. The normalized spacial score (nSPS) is 10.1. The number of carbonyl (C=O) groups is 2. The molecule has 3 aromatic carbocycles. The molecule has 0 unspecified atom stereocenters. The van der Waals surface area contributed by atoms with E-state index in [-0.39, 0.29) is 5.02 Å². The van der Waals surface area contributed by atoms with E-state index in [4.69, 9.17) is 22.1 Å². The first-order valence-corrected chi connectivity index (χ1v) is 8.39. The number of carbonyl (C=O) groups excluding carboxylic acids is 2. The van der Waals surface area contributed by atoms with Gasteiger partial charge in [-0.05, 0) is 54.6 Å². The molecule has 0 saturated carbocycles. The van der Waals surface area contributed by atoms with Crippen molar-refractivity contribution >= 4 is 40.5 Å². The van der Waals surface area contributed by atoms with E-state index < -0.39 is 11.8 Å². The fourth-order valence-corrected chi connectivity index (χ4v) is 2.47. The quantitative estimate of drug-likeness (QED) is 0.464. The lowest BCUT2D eigenvalue weighted by molar-refractivity contribution is -0.132. The van der Waals surface area contributed by atoms with Gasteiger partial charge in [0.05, 0.1) is 10.7 Å². The maximum absolute atomic E-state index is 12.0. The van der Waals surface area contributed by atoms with Crippen molar-refractivity contribution in [1.82, 2.24) is 0 Å². The number of rotatable bonds is 4. The van der Waals surface area contributed by atoms with Crippen molar-refractivity contribution < 1.29 is 14.3 Å². The number of para-hydroxylation sites is 1. The Labute approximate surface area is 160 Å². The molecule has 0 aliphatic heterocycles. The van der Waals surface area contributed by atoms with E-state index >= 15 is 0 Å². The van der Waals surface area contributed by atoms with Crippen LogP contribution in [-0.2, 0) is 9.59 Å². The first kappa shape index (κ1) is 18.3. The lowest BCUT2D eigenvalue weighted by Gasteiger charge is -2.09. The Kier molecular flexibility index (Phi) is 5.58. The van der Waals surface area contributed by atoms with Crippen LogP contribution < -0.4 is 21.1 Å². The topological polar surface area (TPSA) is 93.5 Å². The Balaban J connectivity index is 1.59. The molecule has 6 nitrogen and oxygen atoms in total. The van der Waals surface area contributed by atoms with Gasteiger partial charge in [0.15, 0.2) is 0 Å². The summed E-state index contributed by atoms with van der Waals surface area (Å²) in [5.41, 5.74) is 6.81. The molecule has 0 aromatic heterocycles. The lowest BCUT2D eigenvalue weighted by atomic mass is 10.2. The van der Waals surface area contributed by atoms with E-state index in [0.29, 0.717) is 28.6 Å². The first-order valence-electron chi connectivity index (χ1n) is 8.01. The highest BCUT2D eigenvalue weighted by molar-refractivity contribution is 6.44. The highest BCUT2D eigenvalue weighted by Crippen LogP contribution is 2.24. The molecule has 0 bridgehead atoms. The van der Waals surface area contributed by atoms with Crippen molar-refractivity contribution in [3.05, 3.63) is 77.8 Å². The molecule has 136 valence electrons. The van der Waals surface area contributed by atoms with Gasteiger partial charge in [-0.1, -0.05) is 29.8 Å². The van der Waals surface area contributed by atoms with Crippen molar-refractivity contribution in [1.29, 1.82) is 0 Å². The Hall–Kier alpha value is -3.51. The number of hydrogen-bond donors (Lipinski definition) is 3. The molecule has 0 radical (unpaired) electrons. The zero-order chi connectivity index (χ0) is 19.2. The van der Waals surface area contributed by atoms with E-state index in [1.54, 1.807) is 30.3 Å². The molecule has 0 aliphatic rings. The number of hydrogen-bond acceptors (Lipinski definition) is 4. The van der Waals surface area contributed by atoms with Crippen LogP contribution in [0.3, 0.4) is 0 Å². The fourth-order valence-electron chi connectivity index (χ4n) is 2.23. The van der Waals surface area contributed by atoms with Gasteiger partial charge in [-0.2, -0.15) is 0 Å². The molecule has 7 heteroatoms. The summed E-state index contributed by atoms with van der Waals surface area (Å²) in [4.78, 5) is 24.1. The SMILES string of the molecule is Nc1ccc(NC(=O)C(=O)Nc2ccc(Oc3ccccc3)cc2)c(Cl)c1. The zero-order valence-electron chi connectivity index (χ0n) is 14.1. The molecule has 3 aromatic rings. The summed E-state index contributed by atoms with van der Waals surface area (Å²) in [5, 5.41) is 5.20. The van der Waals surface area contributed by atoms with Gasteiger partial charge >= 0.3 is 11.8 Å². The Morgan fingerprint density at radius 3 is 2.11 bits per heavy atom. The van der Waals surface area contributed by atoms with Crippen molar-refractivity contribution in [3.8, 4) is 11.5 Å². The summed E-state index contributed by atoms with van der Waals surface area (Å²) < 4.78 is 5.67. The van der Waals surface area contributed by atoms with Gasteiger partial charge in [0.25, 0.3) is 0 Å². The number of nitrogens with one attached hydrogen (secondary N) is 2. The zero-order valence-corrected chi connectivity index (χ0v) is 14.9. The summed E-state index contributed by atoms with van der Waals surface area (Å²) >= 11 is 5.98. The number of amides is 2. The van der Waals surface area contributed by atoms with E-state index in [1.807, 2.05) is 30.3 Å². The molecule has 0 atom stereocenters. The van der Waals surface area contributed by atoms with E-state index in [0.717, 1.165) is 0 Å². The van der Waals surface area contributed by atoms with Crippen LogP contribution in [-0.4, -0.2) is 11.8 Å². The molecule has 3 rings (SSSR count). The third-order valence-corrected chi connectivity index (χ3v) is 3.85. The molecular weight excluding hydrogens is 366 g/mol. The summed E-state index contributed by atoms with van der Waals surface area (Å²) in [6.07, 6.45) is 0. The van der Waals surface area contributed by atoms with Crippen LogP contribution in [0, 0.1) is 0 Å². The largest absolute Gasteiger partial charge is 0.457 e. The number of anilines is 3. The van der Waals surface area contributed by atoms with Gasteiger partial charge in [0.2, 0.25) is 0 Å². The molecule has 0 spiro atoms. The van der Waals surface area contributed by atoms with Crippen LogP contribution in [0.5, 0.6) is 11.5 Å². The second-order valence-corrected chi connectivity index (χ2v) is 5.99. The van der Waals surface area contributed by atoms with Gasteiger partial charge in [-0.25, -0.2) is 0 Å². The third-order valence-electron chi connectivity index (χ3n) is 3.54. The lowest BCUT2D eigenvalue weighted by Crippen LogP contribution is -2.29. The first-order chi connectivity index (χ1) is 13.0. The number of nitrogens with two attached hydrogens (primary N) is 1. The van der Waals surface area contributed by atoms with Crippen LogP contribution in [0.25, 0.3) is 0 Å². The van der Waals surface area contributed by atoms with Crippen LogP contribution in [0.1, 0.15) is 0 Å². The van der Waals surface area contributed by atoms with Gasteiger partial charge in [0.1, 0.15) is 11.5 Å². The highest BCUT2D eigenvalue weighted by atomic mass is 35.5. The van der Waals surface area contributed by atoms with Gasteiger partial charge in [-0.15, -0.1) is 0 Å².